The van der Waals surface area contributed by atoms with Crippen LogP contribution < -0.4 is 0 Å². The number of aliphatic hydroxyl groups excluding tert-OH is 19. The molecule has 29 heteroatoms. The molecule has 430 valence electrons. The summed E-state index contributed by atoms with van der Waals surface area (Å²) in [7, 11) is 0. The molecule has 5 rings (SSSR count). The third-order valence-electron chi connectivity index (χ3n) is 14.0. The summed E-state index contributed by atoms with van der Waals surface area (Å²) in [4.78, 5) is 0. The van der Waals surface area contributed by atoms with Gasteiger partial charge in [0.1, 0.15) is 165 Å². The summed E-state index contributed by atoms with van der Waals surface area (Å²) in [6.07, 6.45) is -43.6. The van der Waals surface area contributed by atoms with Gasteiger partial charge in [-0.2, -0.15) is 0 Å². The summed E-state index contributed by atoms with van der Waals surface area (Å²) in [5, 5.41) is 199. The first-order chi connectivity index (χ1) is 34.5. The predicted octanol–water partition coefficient (Wildman–Crippen LogP) is -11.2. The van der Waals surface area contributed by atoms with E-state index in [0.717, 1.165) is 0 Å². The largest absolute Gasteiger partial charge is 0.394 e. The van der Waals surface area contributed by atoms with Crippen LogP contribution in [0.15, 0.2) is 0 Å². The van der Waals surface area contributed by atoms with Crippen molar-refractivity contribution in [3.63, 3.8) is 0 Å². The molecule has 0 aromatic rings. The Morgan fingerprint density at radius 2 is 0.726 bits per heavy atom. The van der Waals surface area contributed by atoms with Crippen molar-refractivity contribution in [2.75, 3.05) is 66.1 Å². The lowest BCUT2D eigenvalue weighted by Gasteiger charge is -2.45. The van der Waals surface area contributed by atoms with Gasteiger partial charge in [-0.3, -0.25) is 0 Å². The van der Waals surface area contributed by atoms with Gasteiger partial charge in [0.15, 0.2) is 0 Å². The van der Waals surface area contributed by atoms with E-state index in [-0.39, 0.29) is 12.3 Å². The van der Waals surface area contributed by atoms with Crippen LogP contribution >= 0.6 is 0 Å². The van der Waals surface area contributed by atoms with Crippen LogP contribution in [0.5, 0.6) is 0 Å². The Hall–Kier alpha value is -1.16. The van der Waals surface area contributed by atoms with Crippen LogP contribution in [0.25, 0.3) is 0 Å². The smallest absolute Gasteiger partial charge is 0.114 e. The van der Waals surface area contributed by atoms with E-state index in [1.54, 1.807) is 13.8 Å². The van der Waals surface area contributed by atoms with E-state index in [0.29, 0.717) is 0 Å². The number of hydrogen-bond donors (Lipinski definition) is 19. The minimum Gasteiger partial charge on any atom is -0.394 e. The zero-order valence-corrected chi connectivity index (χ0v) is 40.7. The summed E-state index contributed by atoms with van der Waals surface area (Å²) in [5.41, 5.74) is 0. The molecule has 5 aliphatic rings. The van der Waals surface area contributed by atoms with Gasteiger partial charge in [-0.25, -0.2) is 0 Å². The average molecular weight is 1070 g/mol. The number of hydrogen-bond acceptors (Lipinski definition) is 29. The SMILES string of the molecule is CC(C)CC(O)C(O)C(OCC1OC(C)C(OCC2OC(COCC3OC(CO)C(OCC4OC(CO)C(OCC5OC(CO)C(O)C(O)C5O)C(O)C4O)C(O)C3O)C(O)C(O)C2O)C(O)C1O)C(O)CO. The van der Waals surface area contributed by atoms with Crippen LogP contribution in [0.1, 0.15) is 27.2 Å². The van der Waals surface area contributed by atoms with E-state index < -0.39 is 243 Å². The Balaban J connectivity index is 1.09. The van der Waals surface area contributed by atoms with Crippen molar-refractivity contribution in [1.82, 2.24) is 0 Å². The molecule has 0 aromatic heterocycles. The van der Waals surface area contributed by atoms with E-state index in [2.05, 4.69) is 0 Å². The molecule has 73 heavy (non-hydrogen) atoms. The van der Waals surface area contributed by atoms with Crippen molar-refractivity contribution in [1.29, 1.82) is 0 Å². The molecule has 0 aromatic carbocycles. The van der Waals surface area contributed by atoms with Crippen molar-refractivity contribution >= 4 is 0 Å². The fraction of sp³-hybridized carbons (Fsp3) is 1.00. The molecule has 5 heterocycles. The number of rotatable bonds is 25. The van der Waals surface area contributed by atoms with Gasteiger partial charge in [0.05, 0.1) is 78.3 Å². The predicted molar refractivity (Wildman–Crippen MR) is 237 cm³/mol. The zero-order chi connectivity index (χ0) is 54.2. The zero-order valence-electron chi connectivity index (χ0n) is 40.7. The molecule has 19 N–H and O–H groups in total. The number of aliphatic hydroxyl groups is 19. The maximum atomic E-state index is 11.1. The summed E-state index contributed by atoms with van der Waals surface area (Å²) in [6.45, 7) is -1.18. The van der Waals surface area contributed by atoms with E-state index >= 15 is 0 Å². The molecule has 0 amide bonds. The van der Waals surface area contributed by atoms with Crippen molar-refractivity contribution in [2.24, 2.45) is 5.92 Å². The average Bonchev–Trinajstić information content (AvgIpc) is 3.36. The van der Waals surface area contributed by atoms with Crippen molar-refractivity contribution in [3.8, 4) is 0 Å². The first kappa shape index (κ1) is 62.7. The summed E-state index contributed by atoms with van der Waals surface area (Å²) < 4.78 is 57.0. The van der Waals surface area contributed by atoms with Crippen LogP contribution in [-0.2, 0) is 47.4 Å². The normalized spacial score (nSPS) is 45.5. The minimum atomic E-state index is -1.81. The Labute approximate surface area is 420 Å². The molecular formula is C44H80O29. The monoisotopic (exact) mass is 1070 g/mol. The molecule has 0 spiro atoms. The fourth-order valence-electron chi connectivity index (χ4n) is 9.64. The quantitative estimate of drug-likeness (QED) is 0.0404. The molecule has 5 aliphatic heterocycles. The Morgan fingerprint density at radius 3 is 1.14 bits per heavy atom. The van der Waals surface area contributed by atoms with Gasteiger partial charge in [-0.15, -0.1) is 0 Å². The van der Waals surface area contributed by atoms with Gasteiger partial charge in [0.2, 0.25) is 0 Å². The van der Waals surface area contributed by atoms with Crippen LogP contribution in [0.3, 0.4) is 0 Å². The van der Waals surface area contributed by atoms with E-state index in [4.69, 9.17) is 47.4 Å². The van der Waals surface area contributed by atoms with Crippen LogP contribution in [-0.4, -0.2) is 340 Å². The molecule has 29 unspecified atom stereocenters. The topological polar surface area (TPSA) is 477 Å². The molecule has 5 saturated heterocycles. The molecule has 0 aliphatic carbocycles. The van der Waals surface area contributed by atoms with Crippen LogP contribution in [0.4, 0.5) is 0 Å². The van der Waals surface area contributed by atoms with Crippen molar-refractivity contribution < 1.29 is 144 Å². The van der Waals surface area contributed by atoms with Gasteiger partial charge in [-0.1, -0.05) is 13.8 Å². The fourth-order valence-corrected chi connectivity index (χ4v) is 9.64. The maximum Gasteiger partial charge on any atom is 0.114 e. The molecule has 29 nitrogen and oxygen atoms in total. The molecule has 0 bridgehead atoms. The molecule has 0 saturated carbocycles. The first-order valence-corrected chi connectivity index (χ1v) is 24.5. The van der Waals surface area contributed by atoms with Crippen LogP contribution in [0, 0.1) is 5.92 Å². The van der Waals surface area contributed by atoms with Gasteiger partial charge < -0.3 is 144 Å². The van der Waals surface area contributed by atoms with E-state index in [1.165, 1.54) is 6.92 Å². The van der Waals surface area contributed by atoms with Crippen LogP contribution in [0.2, 0.25) is 0 Å². The number of ether oxygens (including phenoxy) is 10. The second-order valence-electron chi connectivity index (χ2n) is 19.8. The van der Waals surface area contributed by atoms with E-state index in [9.17, 15) is 97.0 Å². The Kier molecular flexibility index (Phi) is 24.6. The summed E-state index contributed by atoms with van der Waals surface area (Å²) >= 11 is 0. The molecule has 5 fully saturated rings. The summed E-state index contributed by atoms with van der Waals surface area (Å²) in [5.74, 6) is -0.0302. The molecule has 0 radical (unpaired) electrons. The third kappa shape index (κ3) is 15.2. The Morgan fingerprint density at radius 1 is 0.384 bits per heavy atom. The highest BCUT2D eigenvalue weighted by molar-refractivity contribution is 4.99. The second-order valence-corrected chi connectivity index (χ2v) is 19.8. The minimum absolute atomic E-state index is 0.0302. The molecular weight excluding hydrogens is 992 g/mol. The van der Waals surface area contributed by atoms with Gasteiger partial charge in [0, 0.05) is 0 Å². The van der Waals surface area contributed by atoms with E-state index in [1.807, 2.05) is 0 Å². The first-order valence-electron chi connectivity index (χ1n) is 24.5. The van der Waals surface area contributed by atoms with Crippen molar-refractivity contribution in [2.45, 2.75) is 204 Å². The van der Waals surface area contributed by atoms with Gasteiger partial charge in [0.25, 0.3) is 0 Å². The Bertz CT molecular complexity index is 1570. The highest BCUT2D eigenvalue weighted by Gasteiger charge is 2.52. The van der Waals surface area contributed by atoms with Crippen molar-refractivity contribution in [3.05, 3.63) is 0 Å². The molecule has 29 atom stereocenters. The standard InChI is InChI=1S/C44H80O29/c1-15(2)4-17(49)28(51)42(18(50)5-45)66-11-24-34(57)38(61)41(16(3)69-24)65-12-26-32(55)37(60)30(53)22(73-26)9-64-10-23-33(56)39(62)43(20(7-47)71-23)68-14-27-35(58)40(63)44(21(8-48)72-27)67-13-25-31(54)36(59)29(52)19(6-46)70-25/h15-63H,4-14H2,1-3H3. The van der Waals surface area contributed by atoms with Gasteiger partial charge >= 0.3 is 0 Å². The van der Waals surface area contributed by atoms with Gasteiger partial charge in [-0.05, 0) is 19.3 Å². The third-order valence-corrected chi connectivity index (χ3v) is 14.0. The highest BCUT2D eigenvalue weighted by atomic mass is 16.6. The lowest BCUT2D eigenvalue weighted by Crippen LogP contribution is -2.64. The maximum absolute atomic E-state index is 11.1. The lowest BCUT2D eigenvalue weighted by atomic mass is 9.93. The lowest BCUT2D eigenvalue weighted by molar-refractivity contribution is -0.287. The second kappa shape index (κ2) is 28.6. The summed E-state index contributed by atoms with van der Waals surface area (Å²) in [6, 6.07) is 0. The highest BCUT2D eigenvalue weighted by Crippen LogP contribution is 2.31.